The van der Waals surface area contributed by atoms with Gasteiger partial charge >= 0.3 is 0 Å². The Labute approximate surface area is 205 Å². The number of pyridine rings is 2. The third-order valence-electron chi connectivity index (χ3n) is 6.57. The lowest BCUT2D eigenvalue weighted by molar-refractivity contribution is 0.0781. The van der Waals surface area contributed by atoms with Crippen LogP contribution in [-0.4, -0.2) is 37.6 Å². The highest BCUT2D eigenvalue weighted by Crippen LogP contribution is 2.21. The lowest BCUT2D eigenvalue weighted by Gasteiger charge is -2.24. The molecule has 35 heavy (non-hydrogen) atoms. The van der Waals surface area contributed by atoms with Crippen LogP contribution in [0.3, 0.4) is 0 Å². The van der Waals surface area contributed by atoms with Gasteiger partial charge in [-0.2, -0.15) is 5.10 Å². The zero-order chi connectivity index (χ0) is 25.1. The molecule has 0 spiro atoms. The summed E-state index contributed by atoms with van der Waals surface area (Å²) in [4.78, 5) is 32.9. The summed E-state index contributed by atoms with van der Waals surface area (Å²) in [5, 5.41) is 7.21. The fourth-order valence-electron chi connectivity index (χ4n) is 4.43. The fourth-order valence-corrected chi connectivity index (χ4v) is 4.43. The summed E-state index contributed by atoms with van der Waals surface area (Å²) in [5.74, 6) is -0.290. The summed E-state index contributed by atoms with van der Waals surface area (Å²) < 4.78 is 2.08. The van der Waals surface area contributed by atoms with Crippen LogP contribution >= 0.6 is 0 Å². The molecule has 0 saturated carbocycles. The van der Waals surface area contributed by atoms with Crippen LogP contribution in [0, 0.1) is 27.7 Å². The minimum Gasteiger partial charge on any atom is -0.343 e. The van der Waals surface area contributed by atoms with E-state index in [-0.39, 0.29) is 16.9 Å². The second-order valence-corrected chi connectivity index (χ2v) is 9.09. The van der Waals surface area contributed by atoms with Crippen LogP contribution in [0.5, 0.6) is 0 Å². The highest BCUT2D eigenvalue weighted by Gasteiger charge is 2.25. The average molecular weight is 470 g/mol. The van der Waals surface area contributed by atoms with Crippen LogP contribution in [0.4, 0.5) is 0 Å². The zero-order valence-corrected chi connectivity index (χ0v) is 20.9. The van der Waals surface area contributed by atoms with Gasteiger partial charge < -0.3 is 9.47 Å². The van der Waals surface area contributed by atoms with E-state index in [1.165, 1.54) is 0 Å². The Morgan fingerprint density at radius 2 is 1.77 bits per heavy atom. The molecule has 0 aliphatic rings. The molecule has 0 aliphatic heterocycles. The van der Waals surface area contributed by atoms with Crippen LogP contribution in [-0.2, 0) is 19.5 Å². The topological polar surface area (TPSA) is 83.9 Å². The first-order valence-corrected chi connectivity index (χ1v) is 11.7. The van der Waals surface area contributed by atoms with Gasteiger partial charge in [0.2, 0.25) is 0 Å². The Kier molecular flexibility index (Phi) is 6.96. The van der Waals surface area contributed by atoms with Gasteiger partial charge in [-0.3, -0.25) is 19.7 Å². The van der Waals surface area contributed by atoms with Crippen molar-refractivity contribution in [3.63, 3.8) is 0 Å². The second kappa shape index (κ2) is 10.1. The van der Waals surface area contributed by atoms with Crippen molar-refractivity contribution in [1.82, 2.24) is 24.6 Å². The largest absolute Gasteiger partial charge is 0.343 e. The van der Waals surface area contributed by atoms with E-state index < -0.39 is 0 Å². The zero-order valence-electron chi connectivity index (χ0n) is 20.9. The molecule has 4 rings (SSSR count). The fraction of sp³-hybridized carbons (Fsp3) is 0.286. The lowest BCUT2D eigenvalue weighted by atomic mass is 9.98. The number of aromatic amines is 1. The van der Waals surface area contributed by atoms with Gasteiger partial charge in [0, 0.05) is 67.7 Å². The number of aryl methyl sites for hydroxylation is 4. The highest BCUT2D eigenvalue weighted by atomic mass is 16.2. The van der Waals surface area contributed by atoms with Crippen LogP contribution in [0.1, 0.15) is 55.4 Å². The number of nitrogens with zero attached hydrogens (tertiary/aromatic N) is 4. The lowest BCUT2D eigenvalue weighted by Crippen LogP contribution is -2.34. The molecule has 1 aromatic carbocycles. The van der Waals surface area contributed by atoms with Crippen LogP contribution in [0.2, 0.25) is 0 Å². The molecule has 1 N–H and O–H groups in total. The molecular formula is C28H31N5O2. The number of rotatable bonds is 7. The van der Waals surface area contributed by atoms with E-state index >= 15 is 0 Å². The number of benzene rings is 1. The van der Waals surface area contributed by atoms with Crippen molar-refractivity contribution >= 4 is 5.91 Å². The Hall–Kier alpha value is -4.00. The number of H-pyrrole nitrogens is 1. The molecule has 0 unspecified atom stereocenters. The van der Waals surface area contributed by atoms with Gasteiger partial charge in [-0.1, -0.05) is 24.3 Å². The van der Waals surface area contributed by atoms with Gasteiger partial charge in [-0.05, 0) is 56.5 Å². The molecule has 0 atom stereocenters. The van der Waals surface area contributed by atoms with E-state index in [2.05, 4.69) is 38.8 Å². The molecule has 7 nitrogen and oxygen atoms in total. The van der Waals surface area contributed by atoms with Crippen LogP contribution < -0.4 is 5.43 Å². The van der Waals surface area contributed by atoms with Crippen LogP contribution in [0.25, 0.3) is 0 Å². The molecule has 0 bridgehead atoms. The Balaban J connectivity index is 1.83. The summed E-state index contributed by atoms with van der Waals surface area (Å²) in [5.41, 5.74) is 7.48. The Bertz CT molecular complexity index is 1400. The summed E-state index contributed by atoms with van der Waals surface area (Å²) in [7, 11) is 1.73. The van der Waals surface area contributed by atoms with Crippen molar-refractivity contribution in [2.45, 2.75) is 47.2 Å². The van der Waals surface area contributed by atoms with Gasteiger partial charge in [-0.15, -0.1) is 0 Å². The first-order valence-electron chi connectivity index (χ1n) is 11.7. The van der Waals surface area contributed by atoms with Crippen molar-refractivity contribution in [1.29, 1.82) is 0 Å². The predicted molar refractivity (Wildman–Crippen MR) is 137 cm³/mol. The van der Waals surface area contributed by atoms with Crippen LogP contribution in [0.15, 0.2) is 59.7 Å². The SMILES string of the molecule is Cc1ccccc1Cc1c(C(=O)N(C)Cc2c(C)n[nH]c2C)c(=O)cc(C)n1Cc1ccncc1. The number of nitrogens with one attached hydrogen (secondary N) is 1. The molecule has 0 aliphatic carbocycles. The molecule has 0 saturated heterocycles. The van der Waals surface area contributed by atoms with Gasteiger partial charge in [-0.25, -0.2) is 0 Å². The maximum absolute atomic E-state index is 13.8. The quantitative estimate of drug-likeness (QED) is 0.441. The molecule has 0 radical (unpaired) electrons. The summed E-state index contributed by atoms with van der Waals surface area (Å²) in [6.07, 6.45) is 3.99. The average Bonchev–Trinajstić information content (AvgIpc) is 3.15. The van der Waals surface area contributed by atoms with E-state index in [1.807, 2.05) is 45.0 Å². The van der Waals surface area contributed by atoms with Crippen molar-refractivity contribution in [2.24, 2.45) is 0 Å². The van der Waals surface area contributed by atoms with Gasteiger partial charge in [0.15, 0.2) is 5.43 Å². The number of hydrogen-bond acceptors (Lipinski definition) is 4. The minimum absolute atomic E-state index is 0.217. The summed E-state index contributed by atoms with van der Waals surface area (Å²) >= 11 is 0. The van der Waals surface area contributed by atoms with Gasteiger partial charge in [0.1, 0.15) is 5.56 Å². The smallest absolute Gasteiger partial charge is 0.259 e. The third kappa shape index (κ3) is 5.09. The first-order chi connectivity index (χ1) is 16.8. The maximum atomic E-state index is 13.8. The van der Waals surface area contributed by atoms with E-state index in [0.29, 0.717) is 19.5 Å². The first kappa shape index (κ1) is 24.1. The summed E-state index contributed by atoms with van der Waals surface area (Å²) in [6.45, 7) is 8.72. The molecule has 0 fully saturated rings. The normalized spacial score (nSPS) is 11.0. The minimum atomic E-state index is -0.290. The Morgan fingerprint density at radius 1 is 1.06 bits per heavy atom. The second-order valence-electron chi connectivity index (χ2n) is 9.09. The molecule has 180 valence electrons. The molecule has 4 aromatic rings. The predicted octanol–water partition coefficient (Wildman–Crippen LogP) is 4.11. The van der Waals surface area contributed by atoms with E-state index in [9.17, 15) is 9.59 Å². The number of aromatic nitrogens is 4. The van der Waals surface area contributed by atoms with E-state index in [4.69, 9.17) is 0 Å². The molecule has 7 heteroatoms. The standard InChI is InChI=1S/C28H31N5O2/c1-18-8-6-7-9-23(18)15-25-27(28(35)32(5)17-24-20(3)30-31-21(24)4)26(34)14-19(2)33(25)16-22-10-12-29-13-11-22/h6-14H,15-17H2,1-5H3,(H,30,31). The number of hydrogen-bond donors (Lipinski definition) is 1. The number of carbonyl (C=O) groups excluding carboxylic acids is 1. The number of carbonyl (C=O) groups is 1. The van der Waals surface area contributed by atoms with Crippen molar-refractivity contribution < 1.29 is 4.79 Å². The monoisotopic (exact) mass is 469 g/mol. The van der Waals surface area contributed by atoms with Crippen molar-refractivity contribution in [2.75, 3.05) is 7.05 Å². The highest BCUT2D eigenvalue weighted by molar-refractivity contribution is 5.95. The molecule has 3 heterocycles. The molecule has 3 aromatic heterocycles. The van der Waals surface area contributed by atoms with Gasteiger partial charge in [0.25, 0.3) is 5.91 Å². The Morgan fingerprint density at radius 3 is 2.43 bits per heavy atom. The maximum Gasteiger partial charge on any atom is 0.259 e. The van der Waals surface area contributed by atoms with Crippen molar-refractivity contribution in [3.05, 3.63) is 116 Å². The van der Waals surface area contributed by atoms with Crippen molar-refractivity contribution in [3.8, 4) is 0 Å². The number of amides is 1. The molecular weight excluding hydrogens is 438 g/mol. The van der Waals surface area contributed by atoms with Gasteiger partial charge in [0.05, 0.1) is 5.69 Å². The summed E-state index contributed by atoms with van der Waals surface area (Å²) in [6, 6.07) is 13.6. The molecule has 1 amide bonds. The van der Waals surface area contributed by atoms with E-state index in [1.54, 1.807) is 30.4 Å². The van der Waals surface area contributed by atoms with E-state index in [0.717, 1.165) is 45.0 Å². The third-order valence-corrected chi connectivity index (χ3v) is 6.57.